The van der Waals surface area contributed by atoms with Crippen LogP contribution in [-0.4, -0.2) is 39.3 Å². The van der Waals surface area contributed by atoms with Gasteiger partial charge in [-0.3, -0.25) is 4.79 Å². The van der Waals surface area contributed by atoms with Crippen molar-refractivity contribution >= 4 is 11.6 Å². The van der Waals surface area contributed by atoms with Crippen molar-refractivity contribution in [3.63, 3.8) is 0 Å². The Morgan fingerprint density at radius 1 is 1.44 bits per heavy atom. The van der Waals surface area contributed by atoms with E-state index < -0.39 is 0 Å². The Kier molecular flexibility index (Phi) is 2.53. The van der Waals surface area contributed by atoms with Gasteiger partial charge in [0.15, 0.2) is 6.61 Å². The van der Waals surface area contributed by atoms with E-state index in [9.17, 15) is 4.79 Å². The number of hydrogen-bond acceptors (Lipinski definition) is 4. The quantitative estimate of drug-likeness (QED) is 0.816. The van der Waals surface area contributed by atoms with E-state index in [0.29, 0.717) is 19.8 Å². The van der Waals surface area contributed by atoms with Gasteiger partial charge in [0.25, 0.3) is 5.91 Å². The Bertz CT molecular complexity index is 491. The highest BCUT2D eigenvalue weighted by atomic mass is 16.5. The number of fused-ring (bicyclic) bond motifs is 1. The fraction of sp³-hybridized carbons (Fsp3) is 0.462. The summed E-state index contributed by atoms with van der Waals surface area (Å²) >= 11 is 0. The highest BCUT2D eigenvalue weighted by Gasteiger charge is 2.40. The standard InChI is InChI=1S/C13H16N2O3/c1-15-10-4-9(13(6-14)7-17-8-13)2-3-11(10)18-5-12(15)16/h2-4H,5-8,14H2,1H3. The van der Waals surface area contributed by atoms with Crippen LogP contribution in [0, 0.1) is 0 Å². The van der Waals surface area contributed by atoms with Crippen LogP contribution in [0.4, 0.5) is 5.69 Å². The van der Waals surface area contributed by atoms with E-state index in [1.807, 2.05) is 18.2 Å². The first-order valence-electron chi connectivity index (χ1n) is 5.98. The molecule has 1 saturated heterocycles. The highest BCUT2D eigenvalue weighted by Crippen LogP contribution is 2.38. The predicted octanol–water partition coefficient (Wildman–Crippen LogP) is 0.269. The smallest absolute Gasteiger partial charge is 0.264 e. The van der Waals surface area contributed by atoms with Crippen molar-refractivity contribution < 1.29 is 14.3 Å². The van der Waals surface area contributed by atoms with Crippen LogP contribution in [-0.2, 0) is 14.9 Å². The molecule has 18 heavy (non-hydrogen) atoms. The lowest BCUT2D eigenvalue weighted by Gasteiger charge is -2.41. The Labute approximate surface area is 105 Å². The Hall–Kier alpha value is -1.59. The highest BCUT2D eigenvalue weighted by molar-refractivity contribution is 5.97. The molecule has 1 aromatic carbocycles. The van der Waals surface area contributed by atoms with Crippen LogP contribution in [0.5, 0.6) is 5.75 Å². The molecule has 2 N–H and O–H groups in total. The average molecular weight is 248 g/mol. The van der Waals surface area contributed by atoms with Crippen molar-refractivity contribution in [1.82, 2.24) is 0 Å². The van der Waals surface area contributed by atoms with Crippen molar-refractivity contribution in [2.24, 2.45) is 5.73 Å². The molecule has 3 rings (SSSR count). The van der Waals surface area contributed by atoms with Crippen LogP contribution < -0.4 is 15.4 Å². The molecule has 96 valence electrons. The third-order valence-corrected chi connectivity index (χ3v) is 3.81. The first kappa shape index (κ1) is 11.5. The topological polar surface area (TPSA) is 64.8 Å². The second kappa shape index (κ2) is 3.96. The van der Waals surface area contributed by atoms with Gasteiger partial charge in [-0.1, -0.05) is 6.07 Å². The van der Waals surface area contributed by atoms with Crippen LogP contribution in [0.2, 0.25) is 0 Å². The zero-order chi connectivity index (χ0) is 12.8. The number of ether oxygens (including phenoxy) is 2. The molecule has 0 saturated carbocycles. The number of amides is 1. The molecule has 0 radical (unpaired) electrons. The SMILES string of the molecule is CN1C(=O)COc2ccc(C3(CN)COC3)cc21. The Balaban J connectivity index is 2.02. The van der Waals surface area contributed by atoms with Gasteiger partial charge in [-0.15, -0.1) is 0 Å². The fourth-order valence-electron chi connectivity index (χ4n) is 2.35. The molecule has 0 aliphatic carbocycles. The number of hydrogen-bond donors (Lipinski definition) is 1. The first-order chi connectivity index (χ1) is 8.66. The lowest BCUT2D eigenvalue weighted by Crippen LogP contribution is -2.52. The second-order valence-corrected chi connectivity index (χ2v) is 4.90. The Morgan fingerprint density at radius 3 is 2.83 bits per heavy atom. The van der Waals surface area contributed by atoms with Gasteiger partial charge in [0.05, 0.1) is 24.3 Å². The third kappa shape index (κ3) is 1.51. The zero-order valence-corrected chi connectivity index (χ0v) is 10.3. The third-order valence-electron chi connectivity index (χ3n) is 3.81. The average Bonchev–Trinajstić information content (AvgIpc) is 2.34. The molecular weight excluding hydrogens is 232 g/mol. The summed E-state index contributed by atoms with van der Waals surface area (Å²) in [6.07, 6.45) is 0. The Morgan fingerprint density at radius 2 is 2.22 bits per heavy atom. The molecule has 5 nitrogen and oxygen atoms in total. The van der Waals surface area contributed by atoms with Crippen molar-refractivity contribution in [3.05, 3.63) is 23.8 Å². The lowest BCUT2D eigenvalue weighted by atomic mass is 9.78. The van der Waals surface area contributed by atoms with Crippen molar-refractivity contribution in [2.75, 3.05) is 38.3 Å². The van der Waals surface area contributed by atoms with Crippen LogP contribution in [0.1, 0.15) is 5.56 Å². The summed E-state index contributed by atoms with van der Waals surface area (Å²) in [5.74, 6) is 0.708. The minimum atomic E-state index is -0.101. The number of likely N-dealkylation sites (N-methyl/N-ethyl adjacent to an activating group) is 1. The van der Waals surface area contributed by atoms with Gasteiger partial charge in [0.1, 0.15) is 5.75 Å². The molecule has 2 heterocycles. The van der Waals surface area contributed by atoms with E-state index in [2.05, 4.69) is 0 Å². The summed E-state index contributed by atoms with van der Waals surface area (Å²) < 4.78 is 10.7. The van der Waals surface area contributed by atoms with Gasteiger partial charge in [0, 0.05) is 13.6 Å². The number of nitrogens with zero attached hydrogens (tertiary/aromatic N) is 1. The molecule has 0 unspecified atom stereocenters. The second-order valence-electron chi connectivity index (χ2n) is 4.90. The molecule has 1 aromatic rings. The number of anilines is 1. The van der Waals surface area contributed by atoms with E-state index >= 15 is 0 Å². The minimum Gasteiger partial charge on any atom is -0.482 e. The number of carbonyl (C=O) groups excluding carboxylic acids is 1. The van der Waals surface area contributed by atoms with Crippen molar-refractivity contribution in [3.8, 4) is 5.75 Å². The predicted molar refractivity (Wildman–Crippen MR) is 66.9 cm³/mol. The van der Waals surface area contributed by atoms with E-state index in [1.165, 1.54) is 0 Å². The lowest BCUT2D eigenvalue weighted by molar-refractivity contribution is -0.120. The summed E-state index contributed by atoms with van der Waals surface area (Å²) in [5.41, 5.74) is 7.67. The van der Waals surface area contributed by atoms with Gasteiger partial charge >= 0.3 is 0 Å². The van der Waals surface area contributed by atoms with Crippen LogP contribution in [0.3, 0.4) is 0 Å². The zero-order valence-electron chi connectivity index (χ0n) is 10.3. The molecule has 0 spiro atoms. The number of carbonyl (C=O) groups is 1. The monoisotopic (exact) mass is 248 g/mol. The van der Waals surface area contributed by atoms with Gasteiger partial charge in [-0.25, -0.2) is 0 Å². The first-order valence-corrected chi connectivity index (χ1v) is 5.98. The van der Waals surface area contributed by atoms with Gasteiger partial charge in [0.2, 0.25) is 0 Å². The number of rotatable bonds is 2. The van der Waals surface area contributed by atoms with Gasteiger partial charge < -0.3 is 20.1 Å². The van der Waals surface area contributed by atoms with Gasteiger partial charge in [-0.2, -0.15) is 0 Å². The van der Waals surface area contributed by atoms with E-state index in [0.717, 1.165) is 17.0 Å². The van der Waals surface area contributed by atoms with Crippen molar-refractivity contribution in [2.45, 2.75) is 5.41 Å². The normalized spacial score (nSPS) is 21.0. The molecular formula is C13H16N2O3. The summed E-state index contributed by atoms with van der Waals surface area (Å²) in [6, 6.07) is 5.91. The minimum absolute atomic E-state index is 0.0358. The fourth-order valence-corrected chi connectivity index (χ4v) is 2.35. The summed E-state index contributed by atoms with van der Waals surface area (Å²) in [4.78, 5) is 13.3. The maximum atomic E-state index is 11.6. The van der Waals surface area contributed by atoms with Gasteiger partial charge in [-0.05, 0) is 17.7 Å². The molecule has 5 heteroatoms. The van der Waals surface area contributed by atoms with Crippen molar-refractivity contribution in [1.29, 1.82) is 0 Å². The molecule has 0 atom stereocenters. The number of nitrogens with two attached hydrogens (primary N) is 1. The van der Waals surface area contributed by atoms with E-state index in [-0.39, 0.29) is 17.9 Å². The summed E-state index contributed by atoms with van der Waals surface area (Å²) in [5, 5.41) is 0. The maximum Gasteiger partial charge on any atom is 0.264 e. The van der Waals surface area contributed by atoms with E-state index in [1.54, 1.807) is 11.9 Å². The van der Waals surface area contributed by atoms with Crippen LogP contribution >= 0.6 is 0 Å². The summed E-state index contributed by atoms with van der Waals surface area (Å²) in [7, 11) is 1.76. The molecule has 1 fully saturated rings. The molecule has 0 bridgehead atoms. The molecule has 2 aliphatic heterocycles. The molecule has 1 amide bonds. The van der Waals surface area contributed by atoms with Crippen LogP contribution in [0.25, 0.3) is 0 Å². The van der Waals surface area contributed by atoms with Crippen LogP contribution in [0.15, 0.2) is 18.2 Å². The number of benzene rings is 1. The molecule has 0 aromatic heterocycles. The van der Waals surface area contributed by atoms with E-state index in [4.69, 9.17) is 15.2 Å². The molecule has 2 aliphatic rings. The maximum absolute atomic E-state index is 11.6. The largest absolute Gasteiger partial charge is 0.482 e. The summed E-state index contributed by atoms with van der Waals surface area (Å²) in [6.45, 7) is 1.93.